The maximum atomic E-state index is 5.57. The third-order valence-corrected chi connectivity index (χ3v) is 5.24. The molecule has 0 unspecified atom stereocenters. The topological polar surface area (TPSA) is 37.0 Å². The van der Waals surface area contributed by atoms with Crippen molar-refractivity contribution in [3.05, 3.63) is 54.1 Å². The average Bonchev–Trinajstić information content (AvgIpc) is 2.73. The number of rotatable bonds is 6. The van der Waals surface area contributed by atoms with Crippen molar-refractivity contribution in [1.29, 1.82) is 0 Å². The summed E-state index contributed by atoms with van der Waals surface area (Å²) in [6.07, 6.45) is 1.05. The molecule has 0 atom stereocenters. The fourth-order valence-electron chi connectivity index (χ4n) is 3.13. The Bertz CT molecular complexity index is 726. The average molecular weight is 386 g/mol. The molecule has 0 aliphatic carbocycles. The van der Waals surface area contributed by atoms with E-state index in [1.54, 1.807) is 14.2 Å². The van der Waals surface area contributed by atoms with Crippen LogP contribution in [0.2, 0.25) is 0 Å². The Morgan fingerprint density at radius 3 is 2.00 bits per heavy atom. The van der Waals surface area contributed by atoms with Gasteiger partial charge >= 0.3 is 0 Å². The van der Waals surface area contributed by atoms with Gasteiger partial charge in [-0.2, -0.15) is 0 Å². The third kappa shape index (κ3) is 5.58. The number of nitrogens with zero attached hydrogens (tertiary/aromatic N) is 2. The Morgan fingerprint density at radius 1 is 0.889 bits per heavy atom. The van der Waals surface area contributed by atoms with Gasteiger partial charge in [-0.15, -0.1) is 0 Å². The first kappa shape index (κ1) is 19.5. The molecule has 0 aromatic heterocycles. The van der Waals surface area contributed by atoms with E-state index >= 15 is 0 Å². The van der Waals surface area contributed by atoms with Gasteiger partial charge in [0.25, 0.3) is 0 Å². The molecule has 1 aliphatic rings. The SMILES string of the molecule is COc1ccc(CCN2CCN(C(=S)Nc3ccc(OC)cc3)CC2)cc1. The molecule has 1 N–H and O–H groups in total. The summed E-state index contributed by atoms with van der Waals surface area (Å²) in [6, 6.07) is 16.2. The van der Waals surface area contributed by atoms with Gasteiger partial charge < -0.3 is 19.7 Å². The van der Waals surface area contributed by atoms with Gasteiger partial charge in [0.15, 0.2) is 5.11 Å². The molecule has 2 aromatic carbocycles. The quantitative estimate of drug-likeness (QED) is 0.770. The molecule has 144 valence electrons. The van der Waals surface area contributed by atoms with Crippen molar-refractivity contribution in [3.8, 4) is 11.5 Å². The van der Waals surface area contributed by atoms with E-state index in [-0.39, 0.29) is 0 Å². The number of ether oxygens (including phenoxy) is 2. The van der Waals surface area contributed by atoms with E-state index in [2.05, 4.69) is 27.2 Å². The fraction of sp³-hybridized carbons (Fsp3) is 0.381. The lowest BCUT2D eigenvalue weighted by molar-refractivity contribution is 0.185. The van der Waals surface area contributed by atoms with E-state index in [1.807, 2.05) is 36.4 Å². The van der Waals surface area contributed by atoms with Crippen LogP contribution >= 0.6 is 12.2 Å². The minimum absolute atomic E-state index is 0.787. The lowest BCUT2D eigenvalue weighted by Gasteiger charge is -2.36. The van der Waals surface area contributed by atoms with E-state index in [9.17, 15) is 0 Å². The number of anilines is 1. The molecule has 27 heavy (non-hydrogen) atoms. The third-order valence-electron chi connectivity index (χ3n) is 4.88. The Hall–Kier alpha value is -2.31. The van der Waals surface area contributed by atoms with Crippen LogP contribution in [0.4, 0.5) is 5.69 Å². The molecule has 1 fully saturated rings. The molecular weight excluding hydrogens is 358 g/mol. The predicted molar refractivity (Wildman–Crippen MR) is 114 cm³/mol. The standard InChI is InChI=1S/C21H27N3O2S/c1-25-19-7-3-17(4-8-19)11-12-23-13-15-24(16-14-23)21(27)22-18-5-9-20(26-2)10-6-18/h3-10H,11-16H2,1-2H3,(H,22,27). The van der Waals surface area contributed by atoms with Crippen LogP contribution in [-0.4, -0.2) is 61.9 Å². The molecule has 0 radical (unpaired) electrons. The van der Waals surface area contributed by atoms with Crippen LogP contribution in [0.25, 0.3) is 0 Å². The Morgan fingerprint density at radius 2 is 1.44 bits per heavy atom. The largest absolute Gasteiger partial charge is 0.497 e. The molecule has 6 heteroatoms. The second-order valence-electron chi connectivity index (χ2n) is 6.59. The van der Waals surface area contributed by atoms with Crippen LogP contribution in [0.5, 0.6) is 11.5 Å². The van der Waals surface area contributed by atoms with Gasteiger partial charge in [0, 0.05) is 38.4 Å². The molecule has 3 rings (SSSR count). The molecule has 2 aromatic rings. The van der Waals surface area contributed by atoms with Crippen LogP contribution in [0.3, 0.4) is 0 Å². The fourth-order valence-corrected chi connectivity index (χ4v) is 3.43. The highest BCUT2D eigenvalue weighted by Gasteiger charge is 2.18. The number of hydrogen-bond donors (Lipinski definition) is 1. The number of piperazine rings is 1. The summed E-state index contributed by atoms with van der Waals surface area (Å²) in [5, 5.41) is 4.10. The van der Waals surface area contributed by atoms with Gasteiger partial charge in [-0.25, -0.2) is 0 Å². The van der Waals surface area contributed by atoms with Crippen LogP contribution in [0.15, 0.2) is 48.5 Å². The highest BCUT2D eigenvalue weighted by Crippen LogP contribution is 2.16. The maximum absolute atomic E-state index is 5.57. The summed E-state index contributed by atoms with van der Waals surface area (Å²) >= 11 is 5.57. The lowest BCUT2D eigenvalue weighted by atomic mass is 10.1. The second-order valence-corrected chi connectivity index (χ2v) is 6.97. The minimum atomic E-state index is 0.787. The normalized spacial score (nSPS) is 14.7. The molecule has 1 saturated heterocycles. The first-order chi connectivity index (χ1) is 13.2. The van der Waals surface area contributed by atoms with Gasteiger partial charge in [-0.1, -0.05) is 12.1 Å². The molecule has 1 heterocycles. The van der Waals surface area contributed by atoms with Crippen LogP contribution < -0.4 is 14.8 Å². The zero-order valence-electron chi connectivity index (χ0n) is 16.0. The van der Waals surface area contributed by atoms with Crippen molar-refractivity contribution < 1.29 is 9.47 Å². The van der Waals surface area contributed by atoms with Crippen molar-refractivity contribution in [3.63, 3.8) is 0 Å². The Balaban J connectivity index is 1.41. The number of benzene rings is 2. The van der Waals surface area contributed by atoms with E-state index < -0.39 is 0 Å². The van der Waals surface area contributed by atoms with Gasteiger partial charge in [-0.3, -0.25) is 4.90 Å². The molecule has 0 amide bonds. The monoisotopic (exact) mass is 385 g/mol. The smallest absolute Gasteiger partial charge is 0.173 e. The molecule has 1 aliphatic heterocycles. The molecule has 0 saturated carbocycles. The Labute approximate surface area is 166 Å². The maximum Gasteiger partial charge on any atom is 0.173 e. The van der Waals surface area contributed by atoms with E-state index in [1.165, 1.54) is 5.56 Å². The molecule has 0 spiro atoms. The number of hydrogen-bond acceptors (Lipinski definition) is 4. The van der Waals surface area contributed by atoms with E-state index in [4.69, 9.17) is 21.7 Å². The summed E-state index contributed by atoms with van der Waals surface area (Å²) in [7, 11) is 3.36. The highest BCUT2D eigenvalue weighted by molar-refractivity contribution is 7.80. The summed E-state index contributed by atoms with van der Waals surface area (Å²) in [4.78, 5) is 4.74. The zero-order chi connectivity index (χ0) is 19.1. The summed E-state index contributed by atoms with van der Waals surface area (Å²) in [6.45, 7) is 5.02. The number of methoxy groups -OCH3 is 2. The van der Waals surface area contributed by atoms with Crippen molar-refractivity contribution >= 4 is 23.0 Å². The van der Waals surface area contributed by atoms with Gasteiger partial charge in [-0.05, 0) is 60.6 Å². The summed E-state index contributed by atoms with van der Waals surface area (Å²) in [5.41, 5.74) is 2.33. The van der Waals surface area contributed by atoms with Gasteiger partial charge in [0.1, 0.15) is 11.5 Å². The van der Waals surface area contributed by atoms with Crippen LogP contribution in [0.1, 0.15) is 5.56 Å². The first-order valence-electron chi connectivity index (χ1n) is 9.23. The highest BCUT2D eigenvalue weighted by atomic mass is 32.1. The van der Waals surface area contributed by atoms with E-state index in [0.29, 0.717) is 0 Å². The van der Waals surface area contributed by atoms with Crippen molar-refractivity contribution in [2.45, 2.75) is 6.42 Å². The van der Waals surface area contributed by atoms with Crippen molar-refractivity contribution in [2.75, 3.05) is 52.3 Å². The lowest BCUT2D eigenvalue weighted by Crippen LogP contribution is -2.50. The first-order valence-corrected chi connectivity index (χ1v) is 9.64. The van der Waals surface area contributed by atoms with E-state index in [0.717, 1.165) is 61.4 Å². The molecule has 0 bridgehead atoms. The minimum Gasteiger partial charge on any atom is -0.497 e. The van der Waals surface area contributed by atoms with Gasteiger partial charge in [0.05, 0.1) is 14.2 Å². The number of nitrogens with one attached hydrogen (secondary N) is 1. The number of thiocarbonyl (C=S) groups is 1. The summed E-state index contributed by atoms with van der Waals surface area (Å²) < 4.78 is 10.4. The Kier molecular flexibility index (Phi) is 6.90. The van der Waals surface area contributed by atoms with Crippen LogP contribution in [0, 0.1) is 0 Å². The van der Waals surface area contributed by atoms with Gasteiger partial charge in [0.2, 0.25) is 0 Å². The van der Waals surface area contributed by atoms with Crippen LogP contribution in [-0.2, 0) is 6.42 Å². The predicted octanol–water partition coefficient (Wildman–Crippen LogP) is 3.26. The zero-order valence-corrected chi connectivity index (χ0v) is 16.8. The molecule has 5 nitrogen and oxygen atoms in total. The summed E-state index contributed by atoms with van der Waals surface area (Å²) in [5.74, 6) is 1.75. The van der Waals surface area contributed by atoms with Crippen molar-refractivity contribution in [2.24, 2.45) is 0 Å². The molecular formula is C21H27N3O2S. The second kappa shape index (κ2) is 9.58. The van der Waals surface area contributed by atoms with Crippen molar-refractivity contribution in [1.82, 2.24) is 9.80 Å².